The predicted molar refractivity (Wildman–Crippen MR) is 94.9 cm³/mol. The van der Waals surface area contributed by atoms with E-state index in [1.54, 1.807) is 7.11 Å². The van der Waals surface area contributed by atoms with Gasteiger partial charge >= 0.3 is 0 Å². The van der Waals surface area contributed by atoms with E-state index in [4.69, 9.17) is 4.74 Å². The number of amides is 1. The first-order valence-corrected chi connectivity index (χ1v) is 8.24. The molecule has 0 radical (unpaired) electrons. The minimum Gasteiger partial charge on any atom is -0.497 e. The largest absolute Gasteiger partial charge is 0.497 e. The number of hydrogen-bond acceptors (Lipinski definition) is 3. The van der Waals surface area contributed by atoms with Crippen LogP contribution in [0.5, 0.6) is 5.75 Å². The number of nitrogens with one attached hydrogen (secondary N) is 1. The van der Waals surface area contributed by atoms with Crippen LogP contribution in [-0.2, 0) is 11.2 Å². The highest BCUT2D eigenvalue weighted by molar-refractivity contribution is 5.78. The molecule has 0 aliphatic rings. The fraction of sp³-hybridized carbons (Fsp3) is 0.350. The van der Waals surface area contributed by atoms with Crippen LogP contribution in [0.2, 0.25) is 0 Å². The van der Waals surface area contributed by atoms with Gasteiger partial charge in [0.25, 0.3) is 0 Å². The van der Waals surface area contributed by atoms with Gasteiger partial charge in [-0.05, 0) is 36.1 Å². The van der Waals surface area contributed by atoms with Crippen molar-refractivity contribution in [3.63, 3.8) is 0 Å². The molecule has 0 bridgehead atoms. The van der Waals surface area contributed by atoms with Crippen LogP contribution < -0.4 is 10.1 Å². The Hall–Kier alpha value is -2.33. The lowest BCUT2D eigenvalue weighted by atomic mass is 10.00. The van der Waals surface area contributed by atoms with Gasteiger partial charge in [-0.15, -0.1) is 0 Å². The summed E-state index contributed by atoms with van der Waals surface area (Å²) in [6, 6.07) is 17.2. The maximum absolute atomic E-state index is 12.2. The third kappa shape index (κ3) is 5.39. The summed E-state index contributed by atoms with van der Waals surface area (Å²) in [6.07, 6.45) is 0.630. The highest BCUT2D eigenvalue weighted by Gasteiger charge is 2.14. The van der Waals surface area contributed by atoms with Gasteiger partial charge < -0.3 is 15.2 Å². The molecule has 2 unspecified atom stereocenters. The number of ether oxygens (including phenoxy) is 1. The summed E-state index contributed by atoms with van der Waals surface area (Å²) in [5.41, 5.74) is 1.97. The van der Waals surface area contributed by atoms with E-state index in [0.29, 0.717) is 19.4 Å². The summed E-state index contributed by atoms with van der Waals surface area (Å²) < 4.78 is 5.13. The maximum Gasteiger partial charge on any atom is 0.223 e. The summed E-state index contributed by atoms with van der Waals surface area (Å²) in [5.74, 6) is 0.698. The van der Waals surface area contributed by atoms with E-state index in [-0.39, 0.29) is 11.8 Å². The Morgan fingerprint density at radius 1 is 1.12 bits per heavy atom. The predicted octanol–water partition coefficient (Wildman–Crippen LogP) is 3.11. The normalized spacial score (nSPS) is 13.1. The second kappa shape index (κ2) is 9.08. The van der Waals surface area contributed by atoms with Crippen LogP contribution in [0, 0.1) is 5.92 Å². The Morgan fingerprint density at radius 2 is 1.79 bits per heavy atom. The molecule has 0 heterocycles. The second-order valence-electron chi connectivity index (χ2n) is 5.96. The SMILES string of the molecule is COc1ccc(CC(C)C(=O)NCCC(O)c2ccccc2)cc1. The molecule has 2 rings (SSSR count). The Kier molecular flexibility index (Phi) is 6.82. The van der Waals surface area contributed by atoms with Gasteiger partial charge in [0.1, 0.15) is 5.75 Å². The Balaban J connectivity index is 1.75. The number of aliphatic hydroxyl groups is 1. The van der Waals surface area contributed by atoms with E-state index in [9.17, 15) is 9.90 Å². The number of rotatable bonds is 8. The number of hydrogen-bond donors (Lipinski definition) is 2. The van der Waals surface area contributed by atoms with Crippen molar-refractivity contribution in [2.24, 2.45) is 5.92 Å². The molecule has 2 aromatic carbocycles. The molecule has 128 valence electrons. The maximum atomic E-state index is 12.2. The summed E-state index contributed by atoms with van der Waals surface area (Å²) in [4.78, 5) is 12.2. The Morgan fingerprint density at radius 3 is 2.42 bits per heavy atom. The fourth-order valence-corrected chi connectivity index (χ4v) is 2.56. The van der Waals surface area contributed by atoms with Crippen molar-refractivity contribution in [1.29, 1.82) is 0 Å². The minimum atomic E-state index is -0.552. The van der Waals surface area contributed by atoms with Crippen molar-refractivity contribution >= 4 is 5.91 Å². The average Bonchev–Trinajstić information content (AvgIpc) is 2.62. The second-order valence-corrected chi connectivity index (χ2v) is 5.96. The van der Waals surface area contributed by atoms with Gasteiger partial charge in [0.05, 0.1) is 13.2 Å². The fourth-order valence-electron chi connectivity index (χ4n) is 2.56. The molecule has 0 fully saturated rings. The third-order valence-corrected chi connectivity index (χ3v) is 4.05. The minimum absolute atomic E-state index is 0.00563. The van der Waals surface area contributed by atoms with E-state index in [1.807, 2.05) is 61.5 Å². The molecular weight excluding hydrogens is 302 g/mol. The van der Waals surface area contributed by atoms with Gasteiger partial charge in [0.2, 0.25) is 5.91 Å². The lowest BCUT2D eigenvalue weighted by Gasteiger charge is -2.15. The first kappa shape index (κ1) is 18.0. The Bertz CT molecular complexity index is 625. The van der Waals surface area contributed by atoms with E-state index >= 15 is 0 Å². The highest BCUT2D eigenvalue weighted by Crippen LogP contribution is 2.16. The van der Waals surface area contributed by atoms with Crippen molar-refractivity contribution in [1.82, 2.24) is 5.32 Å². The molecule has 4 nitrogen and oxygen atoms in total. The lowest BCUT2D eigenvalue weighted by molar-refractivity contribution is -0.124. The van der Waals surface area contributed by atoms with Gasteiger partial charge in [0.15, 0.2) is 0 Å². The smallest absolute Gasteiger partial charge is 0.223 e. The topological polar surface area (TPSA) is 58.6 Å². The molecule has 2 aromatic rings. The van der Waals surface area contributed by atoms with Gasteiger partial charge in [-0.3, -0.25) is 4.79 Å². The van der Waals surface area contributed by atoms with Gasteiger partial charge in [0, 0.05) is 12.5 Å². The molecule has 0 spiro atoms. The van der Waals surface area contributed by atoms with Crippen LogP contribution >= 0.6 is 0 Å². The van der Waals surface area contributed by atoms with Crippen LogP contribution in [0.1, 0.15) is 30.6 Å². The third-order valence-electron chi connectivity index (χ3n) is 4.05. The molecule has 0 aliphatic heterocycles. The van der Waals surface area contributed by atoms with Crippen LogP contribution in [0.25, 0.3) is 0 Å². The molecule has 2 N–H and O–H groups in total. The van der Waals surface area contributed by atoms with E-state index in [0.717, 1.165) is 16.9 Å². The van der Waals surface area contributed by atoms with E-state index < -0.39 is 6.10 Å². The standard InChI is InChI=1S/C20H25NO3/c1-15(14-16-8-10-18(24-2)11-9-16)20(23)21-13-12-19(22)17-6-4-3-5-7-17/h3-11,15,19,22H,12-14H2,1-2H3,(H,21,23). The van der Waals surface area contributed by atoms with Crippen LogP contribution in [0.3, 0.4) is 0 Å². The molecule has 2 atom stereocenters. The van der Waals surface area contributed by atoms with Gasteiger partial charge in [-0.2, -0.15) is 0 Å². The summed E-state index contributed by atoms with van der Waals surface area (Å²) in [6.45, 7) is 2.37. The first-order valence-electron chi connectivity index (χ1n) is 8.24. The van der Waals surface area contributed by atoms with Crippen LogP contribution in [0.4, 0.5) is 0 Å². The van der Waals surface area contributed by atoms with Gasteiger partial charge in [-0.25, -0.2) is 0 Å². The molecule has 1 amide bonds. The number of benzene rings is 2. The van der Waals surface area contributed by atoms with Crippen molar-refractivity contribution in [2.75, 3.05) is 13.7 Å². The molecule has 0 saturated heterocycles. The van der Waals surface area contributed by atoms with Crippen LogP contribution in [-0.4, -0.2) is 24.7 Å². The van der Waals surface area contributed by atoms with Crippen molar-refractivity contribution in [3.05, 3.63) is 65.7 Å². The zero-order valence-electron chi connectivity index (χ0n) is 14.2. The molecule has 24 heavy (non-hydrogen) atoms. The van der Waals surface area contributed by atoms with Crippen molar-refractivity contribution < 1.29 is 14.6 Å². The van der Waals surface area contributed by atoms with Gasteiger partial charge in [-0.1, -0.05) is 49.4 Å². The molecular formula is C20H25NO3. The molecule has 0 saturated carbocycles. The zero-order valence-corrected chi connectivity index (χ0v) is 14.2. The quantitative estimate of drug-likeness (QED) is 0.783. The van der Waals surface area contributed by atoms with Crippen molar-refractivity contribution in [2.45, 2.75) is 25.9 Å². The van der Waals surface area contributed by atoms with E-state index in [2.05, 4.69) is 5.32 Å². The number of methoxy groups -OCH3 is 1. The zero-order chi connectivity index (χ0) is 17.4. The first-order chi connectivity index (χ1) is 11.6. The van der Waals surface area contributed by atoms with Crippen LogP contribution in [0.15, 0.2) is 54.6 Å². The van der Waals surface area contributed by atoms with E-state index in [1.165, 1.54) is 0 Å². The highest BCUT2D eigenvalue weighted by atomic mass is 16.5. The molecule has 0 aliphatic carbocycles. The summed E-state index contributed by atoms with van der Waals surface area (Å²) >= 11 is 0. The number of carbonyl (C=O) groups excluding carboxylic acids is 1. The number of aliphatic hydroxyl groups excluding tert-OH is 1. The Labute approximate surface area is 143 Å². The number of carbonyl (C=O) groups is 1. The van der Waals surface area contributed by atoms with Crippen molar-refractivity contribution in [3.8, 4) is 5.75 Å². The molecule has 0 aromatic heterocycles. The average molecular weight is 327 g/mol. The monoisotopic (exact) mass is 327 g/mol. The molecule has 4 heteroatoms. The summed E-state index contributed by atoms with van der Waals surface area (Å²) in [7, 11) is 1.63. The summed E-state index contributed by atoms with van der Waals surface area (Å²) in [5, 5.41) is 13.0. The lowest BCUT2D eigenvalue weighted by Crippen LogP contribution is -2.31.